The lowest BCUT2D eigenvalue weighted by Crippen LogP contribution is -2.37. The summed E-state index contributed by atoms with van der Waals surface area (Å²) in [4.78, 5) is 29.2. The molecule has 0 aliphatic carbocycles. The van der Waals surface area contributed by atoms with E-state index in [1.165, 1.54) is 17.7 Å². The normalized spacial score (nSPS) is 13.7. The summed E-state index contributed by atoms with van der Waals surface area (Å²) >= 11 is 0. The number of pyridine rings is 1. The third-order valence-electron chi connectivity index (χ3n) is 4.98. The van der Waals surface area contributed by atoms with Crippen LogP contribution < -0.4 is 5.56 Å². The lowest BCUT2D eigenvalue weighted by atomic mass is 9.96. The SMILES string of the molecule is Cc1cc2cc3c(cc2[nH]c1=O)CN(C(=O)Cc1ccc(F)cc1)CC3. The summed E-state index contributed by atoms with van der Waals surface area (Å²) in [5.74, 6) is -0.274. The number of nitrogens with one attached hydrogen (secondary N) is 1. The predicted octanol–water partition coefficient (Wildman–Crippen LogP) is 3.10. The lowest BCUT2D eigenvalue weighted by Gasteiger charge is -2.29. The smallest absolute Gasteiger partial charge is 0.251 e. The topological polar surface area (TPSA) is 53.2 Å². The minimum Gasteiger partial charge on any atom is -0.338 e. The summed E-state index contributed by atoms with van der Waals surface area (Å²) in [6.07, 6.45) is 1.05. The highest BCUT2D eigenvalue weighted by atomic mass is 19.1. The van der Waals surface area contributed by atoms with E-state index in [0.717, 1.165) is 28.5 Å². The molecule has 0 unspecified atom stereocenters. The fraction of sp³-hybridized carbons (Fsp3) is 0.238. The number of carbonyl (C=O) groups excluding carboxylic acids is 1. The van der Waals surface area contributed by atoms with Gasteiger partial charge in [0.05, 0.1) is 6.42 Å². The maximum Gasteiger partial charge on any atom is 0.251 e. The van der Waals surface area contributed by atoms with Crippen molar-refractivity contribution in [3.8, 4) is 0 Å². The molecule has 0 atom stereocenters. The summed E-state index contributed by atoms with van der Waals surface area (Å²) in [5, 5.41) is 1.02. The number of amides is 1. The van der Waals surface area contributed by atoms with Gasteiger partial charge in [-0.1, -0.05) is 12.1 Å². The zero-order chi connectivity index (χ0) is 18.3. The van der Waals surface area contributed by atoms with E-state index in [4.69, 9.17) is 0 Å². The van der Waals surface area contributed by atoms with E-state index < -0.39 is 0 Å². The number of H-pyrrole nitrogens is 1. The number of hydrogen-bond donors (Lipinski definition) is 1. The molecule has 1 aliphatic rings. The highest BCUT2D eigenvalue weighted by Crippen LogP contribution is 2.24. The van der Waals surface area contributed by atoms with Crippen molar-refractivity contribution in [3.05, 3.63) is 80.9 Å². The summed E-state index contributed by atoms with van der Waals surface area (Å²) in [6, 6.07) is 12.0. The van der Waals surface area contributed by atoms with Crippen molar-refractivity contribution in [2.24, 2.45) is 0 Å². The minimum absolute atomic E-state index is 0.0276. The summed E-state index contributed by atoms with van der Waals surface area (Å²) in [6.45, 7) is 3.00. The van der Waals surface area contributed by atoms with Crippen LogP contribution in [0.25, 0.3) is 10.9 Å². The average molecular weight is 350 g/mol. The van der Waals surface area contributed by atoms with E-state index in [9.17, 15) is 14.0 Å². The van der Waals surface area contributed by atoms with E-state index in [1.807, 2.05) is 17.0 Å². The van der Waals surface area contributed by atoms with Crippen LogP contribution >= 0.6 is 0 Å². The molecule has 1 aliphatic heterocycles. The van der Waals surface area contributed by atoms with Crippen LogP contribution in [0.5, 0.6) is 0 Å². The first-order valence-electron chi connectivity index (χ1n) is 8.67. The third kappa shape index (κ3) is 3.12. The molecule has 3 aromatic rings. The van der Waals surface area contributed by atoms with Crippen LogP contribution in [0, 0.1) is 12.7 Å². The van der Waals surface area contributed by atoms with E-state index in [0.29, 0.717) is 18.7 Å². The van der Waals surface area contributed by atoms with Gasteiger partial charge in [0.15, 0.2) is 0 Å². The molecule has 1 N–H and O–H groups in total. The molecule has 26 heavy (non-hydrogen) atoms. The molecule has 1 aromatic heterocycles. The van der Waals surface area contributed by atoms with Crippen LogP contribution in [-0.2, 0) is 24.2 Å². The third-order valence-corrected chi connectivity index (χ3v) is 4.98. The number of aromatic nitrogens is 1. The number of rotatable bonds is 2. The fourth-order valence-corrected chi connectivity index (χ4v) is 3.48. The van der Waals surface area contributed by atoms with Crippen LogP contribution in [0.2, 0.25) is 0 Å². The van der Waals surface area contributed by atoms with E-state index in [1.54, 1.807) is 19.1 Å². The second-order valence-corrected chi connectivity index (χ2v) is 6.86. The van der Waals surface area contributed by atoms with E-state index in [2.05, 4.69) is 11.1 Å². The van der Waals surface area contributed by atoms with Crippen molar-refractivity contribution in [1.29, 1.82) is 0 Å². The molecule has 0 bridgehead atoms. The Bertz CT molecular complexity index is 1050. The van der Waals surface area contributed by atoms with Gasteiger partial charge in [-0.25, -0.2) is 4.39 Å². The molecular weight excluding hydrogens is 331 g/mol. The Balaban J connectivity index is 1.57. The molecule has 0 spiro atoms. The molecule has 2 heterocycles. The van der Waals surface area contributed by atoms with Crippen molar-refractivity contribution in [3.63, 3.8) is 0 Å². The van der Waals surface area contributed by atoms with Crippen LogP contribution in [-0.4, -0.2) is 22.3 Å². The zero-order valence-electron chi connectivity index (χ0n) is 14.5. The van der Waals surface area contributed by atoms with E-state index >= 15 is 0 Å². The first-order chi connectivity index (χ1) is 12.5. The Morgan fingerprint density at radius 1 is 1.15 bits per heavy atom. The molecule has 132 valence electrons. The lowest BCUT2D eigenvalue weighted by molar-refractivity contribution is -0.131. The maximum atomic E-state index is 13.0. The number of hydrogen-bond acceptors (Lipinski definition) is 2. The number of aromatic amines is 1. The van der Waals surface area contributed by atoms with Crippen LogP contribution in [0.1, 0.15) is 22.3 Å². The molecule has 0 radical (unpaired) electrons. The Kier molecular flexibility index (Phi) is 4.07. The van der Waals surface area contributed by atoms with Gasteiger partial charge in [0, 0.05) is 24.2 Å². The van der Waals surface area contributed by atoms with Gasteiger partial charge >= 0.3 is 0 Å². The van der Waals surface area contributed by atoms with Gasteiger partial charge in [0.1, 0.15) is 5.82 Å². The highest BCUT2D eigenvalue weighted by molar-refractivity contribution is 5.82. The van der Waals surface area contributed by atoms with Gasteiger partial charge < -0.3 is 9.88 Å². The van der Waals surface area contributed by atoms with Gasteiger partial charge in [0.2, 0.25) is 5.91 Å². The van der Waals surface area contributed by atoms with Gasteiger partial charge in [-0.2, -0.15) is 0 Å². The molecule has 2 aromatic carbocycles. The summed E-state index contributed by atoms with van der Waals surface area (Å²) in [5.41, 5.74) is 4.50. The Morgan fingerprint density at radius 3 is 2.69 bits per heavy atom. The minimum atomic E-state index is -0.302. The van der Waals surface area contributed by atoms with Crippen LogP contribution in [0.3, 0.4) is 0 Å². The monoisotopic (exact) mass is 350 g/mol. The maximum absolute atomic E-state index is 13.0. The summed E-state index contributed by atoms with van der Waals surface area (Å²) in [7, 11) is 0. The van der Waals surface area contributed by atoms with Crippen molar-refractivity contribution in [1.82, 2.24) is 9.88 Å². The van der Waals surface area contributed by atoms with Crippen LogP contribution in [0.15, 0.2) is 47.3 Å². The standard InChI is InChI=1S/C21H19FN2O2/c1-13-8-16-10-15-6-7-24(12-17(15)11-19(16)23-21(13)26)20(25)9-14-2-4-18(22)5-3-14/h2-5,8,10-11H,6-7,9,12H2,1H3,(H,23,26). The number of fused-ring (bicyclic) bond motifs is 2. The van der Waals surface area contributed by atoms with Gasteiger partial charge in [-0.15, -0.1) is 0 Å². The van der Waals surface area contributed by atoms with Gasteiger partial charge in [-0.05, 0) is 65.8 Å². The zero-order valence-corrected chi connectivity index (χ0v) is 14.5. The molecule has 1 amide bonds. The average Bonchev–Trinajstić information content (AvgIpc) is 2.62. The molecule has 5 heteroatoms. The first-order valence-corrected chi connectivity index (χ1v) is 8.67. The number of nitrogens with zero attached hydrogens (tertiary/aromatic N) is 1. The van der Waals surface area contributed by atoms with Crippen LogP contribution in [0.4, 0.5) is 4.39 Å². The number of carbonyl (C=O) groups is 1. The van der Waals surface area contributed by atoms with Crippen molar-refractivity contribution in [2.75, 3.05) is 6.54 Å². The first kappa shape index (κ1) is 16.5. The Labute approximate surface area is 150 Å². The van der Waals surface area contributed by atoms with Gasteiger partial charge in [0.25, 0.3) is 5.56 Å². The highest BCUT2D eigenvalue weighted by Gasteiger charge is 2.21. The molecular formula is C21H19FN2O2. The molecule has 0 saturated heterocycles. The fourth-order valence-electron chi connectivity index (χ4n) is 3.48. The predicted molar refractivity (Wildman–Crippen MR) is 98.5 cm³/mol. The number of halogens is 1. The molecule has 0 fully saturated rings. The molecule has 4 rings (SSSR count). The number of benzene rings is 2. The van der Waals surface area contributed by atoms with E-state index in [-0.39, 0.29) is 23.7 Å². The second kappa shape index (κ2) is 6.41. The molecule has 0 saturated carbocycles. The second-order valence-electron chi connectivity index (χ2n) is 6.86. The Morgan fingerprint density at radius 2 is 1.92 bits per heavy atom. The van der Waals surface area contributed by atoms with Crippen molar-refractivity contribution >= 4 is 16.8 Å². The van der Waals surface area contributed by atoms with Crippen molar-refractivity contribution < 1.29 is 9.18 Å². The number of aryl methyl sites for hydroxylation is 1. The largest absolute Gasteiger partial charge is 0.338 e. The van der Waals surface area contributed by atoms with Gasteiger partial charge in [-0.3, -0.25) is 9.59 Å². The quantitative estimate of drug-likeness (QED) is 0.772. The summed E-state index contributed by atoms with van der Waals surface area (Å²) < 4.78 is 13.0. The van der Waals surface area contributed by atoms with Crippen molar-refractivity contribution in [2.45, 2.75) is 26.3 Å². The molecule has 4 nitrogen and oxygen atoms in total. The Hall–Kier alpha value is -2.95.